The highest BCUT2D eigenvalue weighted by atomic mass is 32.2. The Morgan fingerprint density at radius 1 is 1.32 bits per heavy atom. The molecule has 1 aromatic carbocycles. The number of ether oxygens (including phenoxy) is 1. The van der Waals surface area contributed by atoms with E-state index >= 15 is 0 Å². The molecule has 1 aliphatic rings. The molecule has 3 rings (SSSR count). The number of rotatable bonds is 5. The minimum Gasteiger partial charge on any atom is -0.378 e. The maximum Gasteiger partial charge on any atom is 0.251 e. The van der Waals surface area contributed by atoms with Crippen molar-refractivity contribution in [1.82, 2.24) is 14.9 Å². The van der Waals surface area contributed by atoms with Crippen molar-refractivity contribution in [3.05, 3.63) is 23.8 Å². The number of carbonyl (C=O) groups is 1. The van der Waals surface area contributed by atoms with E-state index in [4.69, 9.17) is 4.74 Å². The zero-order chi connectivity index (χ0) is 18.0. The summed E-state index contributed by atoms with van der Waals surface area (Å²) >= 11 is 0. The molecule has 0 atom stereocenters. The molecule has 1 fully saturated rings. The van der Waals surface area contributed by atoms with Crippen LogP contribution in [0.3, 0.4) is 0 Å². The first kappa shape index (κ1) is 17.7. The number of carbonyl (C=O) groups excluding carboxylic acids is 1. The molecule has 1 saturated heterocycles. The molecule has 0 radical (unpaired) electrons. The summed E-state index contributed by atoms with van der Waals surface area (Å²) in [5.74, 6) is 0.475. The van der Waals surface area contributed by atoms with Crippen LogP contribution < -0.4 is 10.2 Å². The molecular formula is C16H22N4O4S. The number of benzene rings is 1. The normalized spacial score (nSPS) is 15.5. The van der Waals surface area contributed by atoms with Gasteiger partial charge in [-0.15, -0.1) is 0 Å². The van der Waals surface area contributed by atoms with E-state index < -0.39 is 9.84 Å². The smallest absolute Gasteiger partial charge is 0.251 e. The molecule has 2 aromatic rings. The Balaban J connectivity index is 1.78. The lowest BCUT2D eigenvalue weighted by atomic mass is 10.2. The minimum absolute atomic E-state index is 0.0776. The van der Waals surface area contributed by atoms with Gasteiger partial charge in [0.25, 0.3) is 5.91 Å². The minimum atomic E-state index is -3.10. The number of hydrogen-bond acceptors (Lipinski definition) is 6. The molecule has 0 saturated carbocycles. The summed E-state index contributed by atoms with van der Waals surface area (Å²) in [5.41, 5.74) is 2.14. The number of aromatic nitrogens is 2. The Hall–Kier alpha value is -2.13. The van der Waals surface area contributed by atoms with Crippen LogP contribution in [0.4, 0.5) is 5.95 Å². The second-order valence-corrected chi connectivity index (χ2v) is 8.42. The van der Waals surface area contributed by atoms with Crippen molar-refractivity contribution in [1.29, 1.82) is 0 Å². The largest absolute Gasteiger partial charge is 0.378 e. The molecule has 8 nitrogen and oxygen atoms in total. The summed E-state index contributed by atoms with van der Waals surface area (Å²) in [6.45, 7) is 3.03. The van der Waals surface area contributed by atoms with Gasteiger partial charge in [-0.25, -0.2) is 13.4 Å². The fourth-order valence-corrected chi connectivity index (χ4v) is 3.30. The summed E-state index contributed by atoms with van der Waals surface area (Å²) in [6, 6.07) is 5.32. The number of morpholine rings is 1. The second-order valence-electron chi connectivity index (χ2n) is 6.16. The Kier molecular flexibility index (Phi) is 4.96. The highest BCUT2D eigenvalue weighted by Crippen LogP contribution is 2.23. The number of fused-ring (bicyclic) bond motifs is 1. The number of anilines is 1. The van der Waals surface area contributed by atoms with Crippen LogP contribution in [0.25, 0.3) is 11.0 Å². The van der Waals surface area contributed by atoms with Crippen molar-refractivity contribution < 1.29 is 17.9 Å². The van der Waals surface area contributed by atoms with Crippen LogP contribution >= 0.6 is 0 Å². The van der Waals surface area contributed by atoms with E-state index in [1.54, 1.807) is 12.1 Å². The summed E-state index contributed by atoms with van der Waals surface area (Å²) in [7, 11) is -1.15. The molecule has 25 heavy (non-hydrogen) atoms. The van der Waals surface area contributed by atoms with Crippen LogP contribution in [-0.2, 0) is 21.6 Å². The molecular weight excluding hydrogens is 344 g/mol. The first-order chi connectivity index (χ1) is 11.8. The predicted molar refractivity (Wildman–Crippen MR) is 95.8 cm³/mol. The molecule has 0 aliphatic carbocycles. The van der Waals surface area contributed by atoms with Crippen LogP contribution in [0.15, 0.2) is 18.2 Å². The van der Waals surface area contributed by atoms with Crippen LogP contribution in [0, 0.1) is 0 Å². The zero-order valence-electron chi connectivity index (χ0n) is 14.4. The van der Waals surface area contributed by atoms with E-state index in [1.165, 1.54) is 0 Å². The first-order valence-corrected chi connectivity index (χ1v) is 10.2. The lowest BCUT2D eigenvalue weighted by Gasteiger charge is -2.27. The molecule has 1 amide bonds. The molecule has 1 N–H and O–H groups in total. The third-order valence-corrected chi connectivity index (χ3v) is 5.12. The number of hydrogen-bond donors (Lipinski definition) is 1. The van der Waals surface area contributed by atoms with Gasteiger partial charge in [0.2, 0.25) is 5.95 Å². The molecule has 0 unspecified atom stereocenters. The summed E-state index contributed by atoms with van der Waals surface area (Å²) in [5, 5.41) is 2.63. The van der Waals surface area contributed by atoms with Gasteiger partial charge in [0, 0.05) is 38.5 Å². The Morgan fingerprint density at radius 3 is 2.72 bits per heavy atom. The number of amides is 1. The van der Waals surface area contributed by atoms with Gasteiger partial charge < -0.3 is 19.5 Å². The molecule has 0 bridgehead atoms. The summed E-state index contributed by atoms with van der Waals surface area (Å²) < 4.78 is 29.7. The zero-order valence-corrected chi connectivity index (χ0v) is 15.2. The number of nitrogens with zero attached hydrogens (tertiary/aromatic N) is 3. The fraction of sp³-hybridized carbons (Fsp3) is 0.500. The molecule has 1 aliphatic heterocycles. The average molecular weight is 366 g/mol. The highest BCUT2D eigenvalue weighted by Gasteiger charge is 2.18. The van der Waals surface area contributed by atoms with E-state index in [1.807, 2.05) is 17.7 Å². The molecule has 1 aromatic heterocycles. The van der Waals surface area contributed by atoms with Crippen molar-refractivity contribution in [2.45, 2.75) is 0 Å². The second kappa shape index (κ2) is 7.01. The molecule has 0 spiro atoms. The van der Waals surface area contributed by atoms with Gasteiger partial charge in [0.1, 0.15) is 9.84 Å². The topological polar surface area (TPSA) is 93.5 Å². The van der Waals surface area contributed by atoms with Crippen molar-refractivity contribution in [2.75, 3.05) is 49.8 Å². The quantitative estimate of drug-likeness (QED) is 0.812. The van der Waals surface area contributed by atoms with Crippen molar-refractivity contribution in [2.24, 2.45) is 7.05 Å². The Labute approximate surface area is 146 Å². The lowest BCUT2D eigenvalue weighted by Crippen LogP contribution is -2.37. The first-order valence-electron chi connectivity index (χ1n) is 8.10. The maximum absolute atomic E-state index is 12.2. The molecule has 9 heteroatoms. The SMILES string of the molecule is Cn1c(N2CCOCC2)nc2cc(C(=O)NCCS(C)(=O)=O)ccc21. The maximum atomic E-state index is 12.2. The van der Waals surface area contributed by atoms with Crippen LogP contribution in [0.1, 0.15) is 10.4 Å². The van der Waals surface area contributed by atoms with Gasteiger partial charge in [-0.1, -0.05) is 0 Å². The van der Waals surface area contributed by atoms with Crippen LogP contribution in [0.5, 0.6) is 0 Å². The third-order valence-electron chi connectivity index (χ3n) is 4.17. The lowest BCUT2D eigenvalue weighted by molar-refractivity contribution is 0.0956. The number of nitrogens with one attached hydrogen (secondary N) is 1. The third kappa shape index (κ3) is 4.10. The van der Waals surface area contributed by atoms with Gasteiger partial charge in [-0.2, -0.15) is 0 Å². The van der Waals surface area contributed by atoms with E-state index in [0.717, 1.165) is 36.3 Å². The van der Waals surface area contributed by atoms with Gasteiger partial charge in [0.15, 0.2) is 0 Å². The van der Waals surface area contributed by atoms with Gasteiger partial charge >= 0.3 is 0 Å². The van der Waals surface area contributed by atoms with E-state index in [2.05, 4.69) is 15.2 Å². The number of imidazole rings is 1. The van der Waals surface area contributed by atoms with Crippen molar-refractivity contribution in [3.8, 4) is 0 Å². The highest BCUT2D eigenvalue weighted by molar-refractivity contribution is 7.90. The standard InChI is InChI=1S/C16H22N4O4S/c1-19-14-4-3-12(15(21)17-5-10-25(2,22)23)11-13(14)18-16(19)20-6-8-24-9-7-20/h3-4,11H,5-10H2,1-2H3,(H,17,21). The van der Waals surface area contributed by atoms with Crippen molar-refractivity contribution in [3.63, 3.8) is 0 Å². The van der Waals surface area contributed by atoms with Crippen molar-refractivity contribution >= 4 is 32.7 Å². The Morgan fingerprint density at radius 2 is 2.04 bits per heavy atom. The average Bonchev–Trinajstić information content (AvgIpc) is 2.91. The summed E-state index contributed by atoms with van der Waals surface area (Å²) in [6.07, 6.45) is 1.15. The number of sulfone groups is 1. The fourth-order valence-electron chi connectivity index (χ4n) is 2.83. The van der Waals surface area contributed by atoms with Gasteiger partial charge in [0.05, 0.1) is 30.0 Å². The van der Waals surface area contributed by atoms with E-state index in [-0.39, 0.29) is 18.2 Å². The van der Waals surface area contributed by atoms with E-state index in [9.17, 15) is 13.2 Å². The van der Waals surface area contributed by atoms with Gasteiger partial charge in [-0.3, -0.25) is 4.79 Å². The van der Waals surface area contributed by atoms with Gasteiger partial charge in [-0.05, 0) is 18.2 Å². The monoisotopic (exact) mass is 366 g/mol. The summed E-state index contributed by atoms with van der Waals surface area (Å²) in [4.78, 5) is 19.0. The molecule has 2 heterocycles. The molecule has 136 valence electrons. The Bertz CT molecular complexity index is 885. The van der Waals surface area contributed by atoms with Crippen LogP contribution in [0.2, 0.25) is 0 Å². The van der Waals surface area contributed by atoms with Crippen LogP contribution in [-0.4, -0.2) is 68.7 Å². The van der Waals surface area contributed by atoms with E-state index in [0.29, 0.717) is 18.8 Å². The number of aryl methyl sites for hydroxylation is 1. The predicted octanol–water partition coefficient (Wildman–Crippen LogP) is 0.184.